The van der Waals surface area contributed by atoms with E-state index in [4.69, 9.17) is 5.73 Å². The van der Waals surface area contributed by atoms with Crippen LogP contribution in [0.25, 0.3) is 0 Å². The number of nitrogens with two attached hydrogens (primary N) is 1. The van der Waals surface area contributed by atoms with Crippen molar-refractivity contribution < 1.29 is 4.79 Å². The third kappa shape index (κ3) is 2.62. The number of nitrogens with one attached hydrogen (secondary N) is 1. The summed E-state index contributed by atoms with van der Waals surface area (Å²) in [5, 5.41) is 3.34. The SMILES string of the molecule is CCC(CCN)NC(=O)C12CC3CC(C)(CC(C)(C3)C1)C2. The van der Waals surface area contributed by atoms with E-state index >= 15 is 0 Å². The molecule has 0 saturated heterocycles. The number of hydrogen-bond acceptors (Lipinski definition) is 2. The zero-order valence-corrected chi connectivity index (χ0v) is 14.0. The summed E-state index contributed by atoms with van der Waals surface area (Å²) in [5.74, 6) is 1.11. The van der Waals surface area contributed by atoms with Crippen LogP contribution in [0.2, 0.25) is 0 Å². The number of carbonyl (C=O) groups is 1. The Morgan fingerprint density at radius 2 is 1.81 bits per heavy atom. The molecule has 120 valence electrons. The molecule has 4 rings (SSSR count). The van der Waals surface area contributed by atoms with Gasteiger partial charge in [0.2, 0.25) is 5.91 Å². The Morgan fingerprint density at radius 3 is 2.29 bits per heavy atom. The Balaban J connectivity index is 1.79. The first-order valence-corrected chi connectivity index (χ1v) is 8.83. The predicted molar refractivity (Wildman–Crippen MR) is 85.7 cm³/mol. The molecule has 0 aromatic rings. The van der Waals surface area contributed by atoms with Crippen LogP contribution in [0.15, 0.2) is 0 Å². The smallest absolute Gasteiger partial charge is 0.226 e. The lowest BCUT2D eigenvalue weighted by molar-refractivity contribution is -0.170. The van der Waals surface area contributed by atoms with E-state index in [-0.39, 0.29) is 11.5 Å². The molecule has 1 amide bonds. The summed E-state index contributed by atoms with van der Waals surface area (Å²) in [4.78, 5) is 13.1. The van der Waals surface area contributed by atoms with Crippen molar-refractivity contribution >= 4 is 5.91 Å². The van der Waals surface area contributed by atoms with Gasteiger partial charge < -0.3 is 11.1 Å². The van der Waals surface area contributed by atoms with Crippen LogP contribution in [-0.4, -0.2) is 18.5 Å². The molecule has 0 aromatic carbocycles. The molecule has 4 aliphatic rings. The summed E-state index contributed by atoms with van der Waals surface area (Å²) in [6.07, 6.45) is 9.24. The van der Waals surface area contributed by atoms with Crippen LogP contribution in [0.1, 0.15) is 72.1 Å². The van der Waals surface area contributed by atoms with E-state index in [9.17, 15) is 4.79 Å². The lowest BCUT2D eigenvalue weighted by Crippen LogP contribution is -2.60. The van der Waals surface area contributed by atoms with Crippen LogP contribution in [0.5, 0.6) is 0 Å². The van der Waals surface area contributed by atoms with Gasteiger partial charge in [-0.3, -0.25) is 4.79 Å². The highest BCUT2D eigenvalue weighted by Gasteiger charge is 2.62. The minimum Gasteiger partial charge on any atom is -0.353 e. The van der Waals surface area contributed by atoms with E-state index in [1.54, 1.807) is 0 Å². The summed E-state index contributed by atoms with van der Waals surface area (Å²) in [5.41, 5.74) is 6.41. The first-order chi connectivity index (χ1) is 9.82. The Hall–Kier alpha value is -0.570. The Morgan fingerprint density at radius 1 is 1.19 bits per heavy atom. The third-order valence-electron chi connectivity index (χ3n) is 6.45. The van der Waals surface area contributed by atoms with Crippen molar-refractivity contribution in [1.82, 2.24) is 5.32 Å². The van der Waals surface area contributed by atoms with Gasteiger partial charge in [-0.2, -0.15) is 0 Å². The molecular formula is C18H32N2O. The van der Waals surface area contributed by atoms with Crippen molar-refractivity contribution in [1.29, 1.82) is 0 Å². The summed E-state index contributed by atoms with van der Waals surface area (Å²) < 4.78 is 0. The highest BCUT2D eigenvalue weighted by molar-refractivity contribution is 5.83. The maximum Gasteiger partial charge on any atom is 0.226 e. The van der Waals surface area contributed by atoms with Crippen molar-refractivity contribution in [3.8, 4) is 0 Å². The van der Waals surface area contributed by atoms with Crippen LogP contribution in [-0.2, 0) is 4.79 Å². The topological polar surface area (TPSA) is 55.1 Å². The maximum atomic E-state index is 13.1. The minimum absolute atomic E-state index is 0.0784. The van der Waals surface area contributed by atoms with Gasteiger partial charge in [0, 0.05) is 6.04 Å². The van der Waals surface area contributed by atoms with Crippen LogP contribution in [0, 0.1) is 22.2 Å². The maximum absolute atomic E-state index is 13.1. The van der Waals surface area contributed by atoms with Crippen molar-refractivity contribution in [3.05, 3.63) is 0 Å². The molecule has 4 aliphatic carbocycles. The van der Waals surface area contributed by atoms with Crippen molar-refractivity contribution in [2.45, 2.75) is 78.2 Å². The Labute approximate surface area is 129 Å². The van der Waals surface area contributed by atoms with Gasteiger partial charge in [0.25, 0.3) is 0 Å². The highest BCUT2D eigenvalue weighted by atomic mass is 16.2. The van der Waals surface area contributed by atoms with Gasteiger partial charge in [-0.05, 0) is 74.7 Å². The van der Waals surface area contributed by atoms with Crippen molar-refractivity contribution in [2.75, 3.05) is 6.54 Å². The quantitative estimate of drug-likeness (QED) is 0.817. The summed E-state index contributed by atoms with van der Waals surface area (Å²) >= 11 is 0. The van der Waals surface area contributed by atoms with Gasteiger partial charge in [-0.1, -0.05) is 20.8 Å². The van der Waals surface area contributed by atoms with Crippen LogP contribution in [0.3, 0.4) is 0 Å². The monoisotopic (exact) mass is 292 g/mol. The molecule has 4 bridgehead atoms. The lowest BCUT2D eigenvalue weighted by Gasteiger charge is -2.64. The van der Waals surface area contributed by atoms with Crippen molar-refractivity contribution in [3.63, 3.8) is 0 Å². The molecule has 0 radical (unpaired) electrons. The molecule has 0 heterocycles. The van der Waals surface area contributed by atoms with Crippen molar-refractivity contribution in [2.24, 2.45) is 27.9 Å². The fourth-order valence-corrected chi connectivity index (χ4v) is 6.62. The highest BCUT2D eigenvalue weighted by Crippen LogP contribution is 2.69. The van der Waals surface area contributed by atoms with E-state index in [0.29, 0.717) is 23.3 Å². The third-order valence-corrected chi connectivity index (χ3v) is 6.45. The fourth-order valence-electron chi connectivity index (χ4n) is 6.62. The molecule has 0 spiro atoms. The van der Waals surface area contributed by atoms with E-state index in [1.165, 1.54) is 19.3 Å². The van der Waals surface area contributed by atoms with Crippen LogP contribution < -0.4 is 11.1 Å². The summed E-state index contributed by atoms with van der Waals surface area (Å²) in [7, 11) is 0. The number of carbonyl (C=O) groups excluding carboxylic acids is 1. The second kappa shape index (κ2) is 4.97. The second-order valence-electron chi connectivity index (χ2n) is 9.07. The molecule has 4 saturated carbocycles. The first-order valence-electron chi connectivity index (χ1n) is 8.83. The van der Waals surface area contributed by atoms with Gasteiger partial charge in [0.15, 0.2) is 0 Å². The number of amides is 1. The number of hydrogen-bond donors (Lipinski definition) is 2. The molecule has 3 atom stereocenters. The largest absolute Gasteiger partial charge is 0.353 e. The lowest BCUT2D eigenvalue weighted by atomic mass is 9.40. The molecule has 3 N–H and O–H groups in total. The zero-order chi connectivity index (χ0) is 15.3. The predicted octanol–water partition coefficient (Wildman–Crippen LogP) is 3.23. The second-order valence-corrected chi connectivity index (χ2v) is 9.07. The average molecular weight is 292 g/mol. The van der Waals surface area contributed by atoms with Gasteiger partial charge in [0.05, 0.1) is 5.41 Å². The Kier molecular flexibility index (Phi) is 3.63. The first kappa shape index (κ1) is 15.3. The van der Waals surface area contributed by atoms with Gasteiger partial charge in [0.1, 0.15) is 0 Å². The molecule has 4 fully saturated rings. The van der Waals surface area contributed by atoms with Gasteiger partial charge in [-0.25, -0.2) is 0 Å². The summed E-state index contributed by atoms with van der Waals surface area (Å²) in [6, 6.07) is 0.260. The molecule has 3 unspecified atom stereocenters. The number of rotatable bonds is 5. The molecule has 0 aromatic heterocycles. The zero-order valence-electron chi connectivity index (χ0n) is 14.0. The van der Waals surface area contributed by atoms with E-state index in [1.807, 2.05) is 0 Å². The fraction of sp³-hybridized carbons (Fsp3) is 0.944. The normalized spacial score (nSPS) is 45.6. The molecule has 0 aliphatic heterocycles. The van der Waals surface area contributed by atoms with Crippen LogP contribution in [0.4, 0.5) is 0 Å². The molecular weight excluding hydrogens is 260 g/mol. The summed E-state index contributed by atoms with van der Waals surface area (Å²) in [6.45, 7) is 7.65. The van der Waals surface area contributed by atoms with Gasteiger partial charge >= 0.3 is 0 Å². The molecule has 21 heavy (non-hydrogen) atoms. The Bertz CT molecular complexity index is 415. The molecule has 3 nitrogen and oxygen atoms in total. The minimum atomic E-state index is -0.0784. The van der Waals surface area contributed by atoms with E-state index in [2.05, 4.69) is 26.1 Å². The standard InChI is InChI=1S/C18H32N2O/c1-4-14(5-6-19)20-15(21)18-9-13-7-16(2,11-18)10-17(3,8-13)12-18/h13-14H,4-12,19H2,1-3H3,(H,20,21). The van der Waals surface area contributed by atoms with Crippen LogP contribution >= 0.6 is 0 Å². The molecule has 3 heteroatoms. The van der Waals surface area contributed by atoms with E-state index < -0.39 is 0 Å². The van der Waals surface area contributed by atoms with E-state index in [0.717, 1.165) is 38.0 Å². The average Bonchev–Trinajstić information content (AvgIpc) is 2.33. The van der Waals surface area contributed by atoms with Gasteiger partial charge in [-0.15, -0.1) is 0 Å².